The number of ether oxygens (including phenoxy) is 1. The predicted octanol–water partition coefficient (Wildman–Crippen LogP) is 3.39. The fourth-order valence-corrected chi connectivity index (χ4v) is 2.21. The summed E-state index contributed by atoms with van der Waals surface area (Å²) < 4.78 is 5.88. The van der Waals surface area contributed by atoms with Crippen LogP contribution in [0.1, 0.15) is 26.7 Å². The van der Waals surface area contributed by atoms with Gasteiger partial charge in [0.05, 0.1) is 5.52 Å². The molecule has 0 fully saturated rings. The summed E-state index contributed by atoms with van der Waals surface area (Å²) in [5.74, 6) is 0.894. The summed E-state index contributed by atoms with van der Waals surface area (Å²) in [6.07, 6.45) is 4.12. The molecule has 1 unspecified atom stereocenters. The molecule has 1 aromatic heterocycles. The van der Waals surface area contributed by atoms with E-state index in [1.165, 1.54) is 6.42 Å². The van der Waals surface area contributed by atoms with Crippen LogP contribution >= 0.6 is 0 Å². The molecule has 1 N–H and O–H groups in total. The smallest absolute Gasteiger partial charge is 0.121 e. The molecule has 19 heavy (non-hydrogen) atoms. The summed E-state index contributed by atoms with van der Waals surface area (Å²) in [7, 11) is 0. The lowest BCUT2D eigenvalue weighted by Gasteiger charge is -2.17. The van der Waals surface area contributed by atoms with Gasteiger partial charge in [-0.1, -0.05) is 26.3 Å². The van der Waals surface area contributed by atoms with Gasteiger partial charge in [0.15, 0.2) is 0 Å². The molecule has 0 radical (unpaired) electrons. The SMILES string of the molecule is CCCC(COc1ccc2cccnc2c1)NCC. The summed E-state index contributed by atoms with van der Waals surface area (Å²) in [6, 6.07) is 10.5. The lowest BCUT2D eigenvalue weighted by molar-refractivity contribution is 0.258. The van der Waals surface area contributed by atoms with Crippen LogP contribution in [0, 0.1) is 0 Å². The number of nitrogens with zero attached hydrogens (tertiary/aromatic N) is 1. The molecule has 3 nitrogen and oxygen atoms in total. The van der Waals surface area contributed by atoms with Crippen LogP contribution < -0.4 is 10.1 Å². The lowest BCUT2D eigenvalue weighted by Crippen LogP contribution is -2.34. The maximum atomic E-state index is 5.88. The molecular formula is C16H22N2O. The van der Waals surface area contributed by atoms with E-state index in [4.69, 9.17) is 4.74 Å². The van der Waals surface area contributed by atoms with Crippen molar-refractivity contribution in [1.29, 1.82) is 0 Å². The number of rotatable bonds is 7. The molecule has 3 heteroatoms. The minimum Gasteiger partial charge on any atom is -0.492 e. The number of likely N-dealkylation sites (N-methyl/N-ethyl adjacent to an activating group) is 1. The largest absolute Gasteiger partial charge is 0.492 e. The number of fused-ring (bicyclic) bond motifs is 1. The zero-order valence-corrected chi connectivity index (χ0v) is 11.7. The average molecular weight is 258 g/mol. The fourth-order valence-electron chi connectivity index (χ4n) is 2.21. The van der Waals surface area contributed by atoms with Crippen LogP contribution in [0.5, 0.6) is 5.75 Å². The van der Waals surface area contributed by atoms with E-state index in [-0.39, 0.29) is 0 Å². The minimum atomic E-state index is 0.425. The monoisotopic (exact) mass is 258 g/mol. The molecule has 0 aliphatic heterocycles. The second kappa shape index (κ2) is 7.10. The molecule has 1 aromatic carbocycles. The van der Waals surface area contributed by atoms with Crippen LogP contribution in [-0.2, 0) is 0 Å². The second-order valence-corrected chi connectivity index (χ2v) is 4.71. The van der Waals surface area contributed by atoms with Crippen LogP contribution in [0.4, 0.5) is 0 Å². The number of hydrogen-bond donors (Lipinski definition) is 1. The van der Waals surface area contributed by atoms with Gasteiger partial charge in [0, 0.05) is 23.7 Å². The van der Waals surface area contributed by atoms with Crippen molar-refractivity contribution in [3.8, 4) is 5.75 Å². The molecule has 1 atom stereocenters. The van der Waals surface area contributed by atoms with Crippen LogP contribution in [-0.4, -0.2) is 24.2 Å². The fraction of sp³-hybridized carbons (Fsp3) is 0.438. The first-order chi connectivity index (χ1) is 9.33. The number of aromatic nitrogens is 1. The standard InChI is InChI=1S/C16H22N2O/c1-3-6-14(17-4-2)12-19-15-9-8-13-7-5-10-18-16(13)11-15/h5,7-11,14,17H,3-4,6,12H2,1-2H3. The number of benzene rings is 1. The highest BCUT2D eigenvalue weighted by Crippen LogP contribution is 2.19. The number of pyridine rings is 1. The third-order valence-corrected chi connectivity index (χ3v) is 3.16. The molecule has 2 rings (SSSR count). The summed E-state index contributed by atoms with van der Waals surface area (Å²) in [5.41, 5.74) is 0.982. The Bertz CT molecular complexity index is 507. The van der Waals surface area contributed by atoms with Crippen molar-refractivity contribution in [2.75, 3.05) is 13.2 Å². The van der Waals surface area contributed by atoms with Gasteiger partial charge in [0.1, 0.15) is 12.4 Å². The third-order valence-electron chi connectivity index (χ3n) is 3.16. The van der Waals surface area contributed by atoms with Gasteiger partial charge < -0.3 is 10.1 Å². The molecule has 0 saturated heterocycles. The molecule has 0 aliphatic carbocycles. The summed E-state index contributed by atoms with van der Waals surface area (Å²) in [4.78, 5) is 4.35. The summed E-state index contributed by atoms with van der Waals surface area (Å²) in [5, 5.41) is 4.60. The molecule has 2 aromatic rings. The van der Waals surface area contributed by atoms with Gasteiger partial charge in [-0.3, -0.25) is 4.98 Å². The Morgan fingerprint density at radius 2 is 2.16 bits per heavy atom. The Hall–Kier alpha value is -1.61. The highest BCUT2D eigenvalue weighted by Gasteiger charge is 2.07. The van der Waals surface area contributed by atoms with E-state index in [9.17, 15) is 0 Å². The normalized spacial score (nSPS) is 12.5. The van der Waals surface area contributed by atoms with Crippen molar-refractivity contribution < 1.29 is 4.74 Å². The molecule has 102 valence electrons. The van der Waals surface area contributed by atoms with Crippen molar-refractivity contribution in [1.82, 2.24) is 10.3 Å². The van der Waals surface area contributed by atoms with Crippen LogP contribution in [0.25, 0.3) is 10.9 Å². The van der Waals surface area contributed by atoms with Crippen molar-refractivity contribution in [2.24, 2.45) is 0 Å². The van der Waals surface area contributed by atoms with Crippen molar-refractivity contribution in [3.63, 3.8) is 0 Å². The van der Waals surface area contributed by atoms with E-state index in [1.54, 1.807) is 0 Å². The van der Waals surface area contributed by atoms with Gasteiger partial charge in [-0.05, 0) is 31.2 Å². The molecule has 0 spiro atoms. The molecule has 1 heterocycles. The zero-order chi connectivity index (χ0) is 13.5. The van der Waals surface area contributed by atoms with E-state index in [2.05, 4.69) is 36.3 Å². The highest BCUT2D eigenvalue weighted by atomic mass is 16.5. The van der Waals surface area contributed by atoms with Crippen molar-refractivity contribution >= 4 is 10.9 Å². The molecular weight excluding hydrogens is 236 g/mol. The quantitative estimate of drug-likeness (QED) is 0.826. The first-order valence-corrected chi connectivity index (χ1v) is 7.04. The van der Waals surface area contributed by atoms with Gasteiger partial charge in [0.2, 0.25) is 0 Å². The zero-order valence-electron chi connectivity index (χ0n) is 11.7. The molecule has 0 saturated carbocycles. The van der Waals surface area contributed by atoms with Gasteiger partial charge >= 0.3 is 0 Å². The highest BCUT2D eigenvalue weighted by molar-refractivity contribution is 5.79. The first-order valence-electron chi connectivity index (χ1n) is 7.04. The van der Waals surface area contributed by atoms with Gasteiger partial charge in [-0.2, -0.15) is 0 Å². The topological polar surface area (TPSA) is 34.1 Å². The maximum absolute atomic E-state index is 5.88. The number of hydrogen-bond acceptors (Lipinski definition) is 3. The Morgan fingerprint density at radius 1 is 1.26 bits per heavy atom. The number of nitrogens with one attached hydrogen (secondary N) is 1. The Labute approximate surface area is 115 Å². The Balaban J connectivity index is 2.00. The minimum absolute atomic E-state index is 0.425. The average Bonchev–Trinajstić information content (AvgIpc) is 2.45. The third kappa shape index (κ3) is 3.93. The molecule has 0 aliphatic rings. The van der Waals surface area contributed by atoms with E-state index in [0.29, 0.717) is 12.6 Å². The van der Waals surface area contributed by atoms with Gasteiger partial charge in [-0.15, -0.1) is 0 Å². The van der Waals surface area contributed by atoms with Crippen LogP contribution in [0.15, 0.2) is 36.5 Å². The van der Waals surface area contributed by atoms with Crippen molar-refractivity contribution in [2.45, 2.75) is 32.7 Å². The molecule has 0 amide bonds. The van der Waals surface area contributed by atoms with E-state index in [0.717, 1.165) is 29.6 Å². The summed E-state index contributed by atoms with van der Waals surface area (Å²) >= 11 is 0. The lowest BCUT2D eigenvalue weighted by atomic mass is 10.2. The summed E-state index contributed by atoms with van der Waals surface area (Å²) in [6.45, 7) is 6.01. The Morgan fingerprint density at radius 3 is 2.95 bits per heavy atom. The maximum Gasteiger partial charge on any atom is 0.121 e. The van der Waals surface area contributed by atoms with E-state index in [1.807, 2.05) is 24.4 Å². The van der Waals surface area contributed by atoms with Crippen LogP contribution in [0.3, 0.4) is 0 Å². The molecule has 0 bridgehead atoms. The predicted molar refractivity (Wildman–Crippen MR) is 79.6 cm³/mol. The first kappa shape index (κ1) is 13.8. The van der Waals surface area contributed by atoms with Crippen molar-refractivity contribution in [3.05, 3.63) is 36.5 Å². The van der Waals surface area contributed by atoms with Gasteiger partial charge in [0.25, 0.3) is 0 Å². The second-order valence-electron chi connectivity index (χ2n) is 4.71. The van der Waals surface area contributed by atoms with Crippen LogP contribution in [0.2, 0.25) is 0 Å². The van der Waals surface area contributed by atoms with E-state index < -0.39 is 0 Å². The van der Waals surface area contributed by atoms with Gasteiger partial charge in [-0.25, -0.2) is 0 Å². The Kier molecular flexibility index (Phi) is 5.16. The van der Waals surface area contributed by atoms with E-state index >= 15 is 0 Å².